The minimum Gasteiger partial charge on any atom is -0.469 e. The van der Waals surface area contributed by atoms with Crippen LogP contribution in [0.15, 0.2) is 54.6 Å². The molecule has 1 atom stereocenters. The van der Waals surface area contributed by atoms with E-state index in [9.17, 15) is 14.7 Å². The van der Waals surface area contributed by atoms with E-state index in [-0.39, 0.29) is 18.3 Å². The molecule has 2 fully saturated rings. The molecular weight excluding hydrogens is 440 g/mol. The van der Waals surface area contributed by atoms with Gasteiger partial charge in [-0.2, -0.15) is 0 Å². The van der Waals surface area contributed by atoms with Gasteiger partial charge in [0.2, 0.25) is 5.91 Å². The third kappa shape index (κ3) is 5.75. The third-order valence-electron chi connectivity index (χ3n) is 7.13. The van der Waals surface area contributed by atoms with Crippen molar-refractivity contribution in [2.45, 2.75) is 57.3 Å². The molecule has 2 aromatic rings. The number of rotatable bonds is 5. The first-order chi connectivity index (χ1) is 16.7. The van der Waals surface area contributed by atoms with Crippen molar-refractivity contribution in [3.8, 4) is 11.8 Å². The van der Waals surface area contributed by atoms with Gasteiger partial charge in [-0.05, 0) is 49.9 Å². The number of aliphatic hydroxyl groups is 1. The summed E-state index contributed by atoms with van der Waals surface area (Å²) >= 11 is 0. The summed E-state index contributed by atoms with van der Waals surface area (Å²) < 4.78 is 5.12. The summed E-state index contributed by atoms with van der Waals surface area (Å²) in [6.45, 7) is 6.24. The maximum Gasteiger partial charge on any atom is 0.311 e. The summed E-state index contributed by atoms with van der Waals surface area (Å²) in [5.74, 6) is 5.15. The van der Waals surface area contributed by atoms with E-state index in [2.05, 4.69) is 28.9 Å². The monoisotopic (exact) mass is 474 g/mol. The van der Waals surface area contributed by atoms with Crippen LogP contribution in [-0.2, 0) is 27.4 Å². The highest BCUT2D eigenvalue weighted by atomic mass is 16.5. The molecule has 4 rings (SSSR count). The largest absolute Gasteiger partial charge is 0.469 e. The molecule has 0 aromatic heterocycles. The first-order valence-corrected chi connectivity index (χ1v) is 12.2. The predicted molar refractivity (Wildman–Crippen MR) is 134 cm³/mol. The number of methoxy groups -OCH3 is 1. The molecule has 2 aromatic carbocycles. The second-order valence-corrected chi connectivity index (χ2v) is 10.1. The van der Waals surface area contributed by atoms with E-state index in [0.717, 1.165) is 43.6 Å². The van der Waals surface area contributed by atoms with E-state index in [1.807, 2.05) is 47.4 Å². The van der Waals surface area contributed by atoms with E-state index in [0.29, 0.717) is 6.54 Å². The van der Waals surface area contributed by atoms with Gasteiger partial charge in [-0.1, -0.05) is 54.3 Å². The Kier molecular flexibility index (Phi) is 7.30. The summed E-state index contributed by atoms with van der Waals surface area (Å²) in [6.07, 6.45) is 1.69. The zero-order chi connectivity index (χ0) is 25.1. The van der Waals surface area contributed by atoms with Crippen LogP contribution in [0.25, 0.3) is 0 Å². The topological polar surface area (TPSA) is 70.1 Å². The van der Waals surface area contributed by atoms with Crippen molar-refractivity contribution in [3.63, 3.8) is 0 Å². The van der Waals surface area contributed by atoms with Gasteiger partial charge in [0.05, 0.1) is 18.6 Å². The normalized spacial score (nSPS) is 19.9. The summed E-state index contributed by atoms with van der Waals surface area (Å²) in [4.78, 5) is 30.1. The van der Waals surface area contributed by atoms with Crippen LogP contribution in [-0.4, -0.2) is 58.1 Å². The molecular formula is C29H34N2O4. The number of likely N-dealkylation sites (tertiary alicyclic amines) is 2. The maximum absolute atomic E-state index is 13.1. The summed E-state index contributed by atoms with van der Waals surface area (Å²) in [5, 5.41) is 9.79. The zero-order valence-electron chi connectivity index (χ0n) is 20.8. The van der Waals surface area contributed by atoms with Crippen LogP contribution in [0, 0.1) is 17.8 Å². The van der Waals surface area contributed by atoms with Gasteiger partial charge in [0, 0.05) is 38.2 Å². The van der Waals surface area contributed by atoms with E-state index in [1.165, 1.54) is 12.7 Å². The number of ether oxygens (including phenoxy) is 1. The minimum absolute atomic E-state index is 0.0282. The van der Waals surface area contributed by atoms with E-state index in [4.69, 9.17) is 4.74 Å². The molecule has 1 amide bonds. The molecule has 0 bridgehead atoms. The average molecular weight is 475 g/mol. The summed E-state index contributed by atoms with van der Waals surface area (Å²) in [5.41, 5.74) is 1.60. The fourth-order valence-corrected chi connectivity index (χ4v) is 5.26. The van der Waals surface area contributed by atoms with E-state index >= 15 is 0 Å². The van der Waals surface area contributed by atoms with Crippen LogP contribution in [0.4, 0.5) is 0 Å². The minimum atomic E-state index is -1.01. The van der Waals surface area contributed by atoms with Gasteiger partial charge in [0.1, 0.15) is 5.60 Å². The summed E-state index contributed by atoms with van der Waals surface area (Å²) in [7, 11) is 1.41. The number of esters is 1. The first-order valence-electron chi connectivity index (χ1n) is 12.2. The lowest BCUT2D eigenvalue weighted by Crippen LogP contribution is -2.57. The van der Waals surface area contributed by atoms with Crippen LogP contribution in [0.5, 0.6) is 0 Å². The van der Waals surface area contributed by atoms with E-state index in [1.54, 1.807) is 13.8 Å². The van der Waals surface area contributed by atoms with Crippen LogP contribution < -0.4 is 0 Å². The molecule has 6 nitrogen and oxygen atoms in total. The highest BCUT2D eigenvalue weighted by molar-refractivity contribution is 5.89. The van der Waals surface area contributed by atoms with Crippen LogP contribution in [0.3, 0.4) is 0 Å². The fraction of sp³-hybridized carbons (Fsp3) is 0.448. The third-order valence-corrected chi connectivity index (χ3v) is 7.13. The van der Waals surface area contributed by atoms with Gasteiger partial charge in [-0.3, -0.25) is 14.5 Å². The van der Waals surface area contributed by atoms with E-state index < -0.39 is 17.1 Å². The molecule has 1 unspecified atom stereocenters. The Labute approximate surface area is 207 Å². The number of nitrogens with zero attached hydrogens (tertiary/aromatic N) is 2. The van der Waals surface area contributed by atoms with Gasteiger partial charge >= 0.3 is 5.97 Å². The maximum atomic E-state index is 13.1. The number of hydrogen-bond donors (Lipinski definition) is 1. The van der Waals surface area contributed by atoms with Crippen molar-refractivity contribution < 1.29 is 19.4 Å². The lowest BCUT2D eigenvalue weighted by molar-refractivity contribution is -0.150. The van der Waals surface area contributed by atoms with Crippen molar-refractivity contribution >= 4 is 11.9 Å². The molecule has 1 N–H and O–H groups in total. The van der Waals surface area contributed by atoms with Crippen molar-refractivity contribution in [1.82, 2.24) is 9.80 Å². The number of amides is 1. The molecule has 2 aliphatic heterocycles. The molecule has 2 heterocycles. The molecule has 35 heavy (non-hydrogen) atoms. The van der Waals surface area contributed by atoms with Crippen LogP contribution in [0.1, 0.15) is 49.8 Å². The molecule has 1 spiro atoms. The lowest BCUT2D eigenvalue weighted by Gasteiger charge is -2.47. The highest BCUT2D eigenvalue weighted by Crippen LogP contribution is 2.45. The van der Waals surface area contributed by atoms with Gasteiger partial charge in [0.15, 0.2) is 0 Å². The zero-order valence-corrected chi connectivity index (χ0v) is 20.8. The quantitative estimate of drug-likeness (QED) is 0.532. The number of piperidine rings is 1. The number of carbonyl (C=O) groups is 2. The van der Waals surface area contributed by atoms with Crippen molar-refractivity contribution in [2.24, 2.45) is 5.92 Å². The fourth-order valence-electron chi connectivity index (χ4n) is 5.26. The molecule has 0 radical (unpaired) electrons. The Morgan fingerprint density at radius 2 is 1.69 bits per heavy atom. The second kappa shape index (κ2) is 10.2. The Morgan fingerprint density at radius 3 is 2.29 bits per heavy atom. The Balaban J connectivity index is 1.46. The van der Waals surface area contributed by atoms with Crippen LogP contribution >= 0.6 is 0 Å². The first kappa shape index (κ1) is 25.0. The average Bonchev–Trinajstić information content (AvgIpc) is 3.11. The lowest BCUT2D eigenvalue weighted by atomic mass is 9.76. The van der Waals surface area contributed by atoms with Crippen molar-refractivity contribution in [1.29, 1.82) is 0 Å². The predicted octanol–water partition coefficient (Wildman–Crippen LogP) is 3.37. The molecule has 0 aliphatic carbocycles. The van der Waals surface area contributed by atoms with Crippen molar-refractivity contribution in [3.05, 3.63) is 71.3 Å². The number of benzene rings is 2. The van der Waals surface area contributed by atoms with Crippen molar-refractivity contribution in [2.75, 3.05) is 20.2 Å². The number of carbonyl (C=O) groups excluding carboxylic acids is 2. The Hall–Kier alpha value is -3.14. The molecule has 2 aliphatic rings. The number of hydrogen-bond acceptors (Lipinski definition) is 5. The Morgan fingerprint density at radius 1 is 1.06 bits per heavy atom. The van der Waals surface area contributed by atoms with Gasteiger partial charge in [-0.15, -0.1) is 0 Å². The second-order valence-electron chi connectivity index (χ2n) is 10.1. The van der Waals surface area contributed by atoms with Gasteiger partial charge < -0.3 is 14.7 Å². The Bertz CT molecular complexity index is 1100. The smallest absolute Gasteiger partial charge is 0.311 e. The van der Waals surface area contributed by atoms with Gasteiger partial charge in [-0.25, -0.2) is 0 Å². The molecule has 184 valence electrons. The van der Waals surface area contributed by atoms with Crippen LogP contribution in [0.2, 0.25) is 0 Å². The molecule has 2 saturated heterocycles. The molecule has 0 saturated carbocycles. The molecule has 6 heteroatoms. The standard InChI is InChI=1S/C29H34N2O4/c1-28(2,34)14-13-22-9-11-24(12-10-22)20-30-17-15-29(16-18-30)25(27(33)35-3)19-26(32)31(29)21-23-7-5-4-6-8-23/h4-12,25,34H,15-21H2,1-3H3. The highest BCUT2D eigenvalue weighted by Gasteiger charge is 2.56. The summed E-state index contributed by atoms with van der Waals surface area (Å²) in [6, 6.07) is 18.1. The SMILES string of the molecule is COC(=O)C1CC(=O)N(Cc2ccccc2)C12CCN(Cc1ccc(C#CC(C)(C)O)cc1)CC2. The van der Waals surface area contributed by atoms with Gasteiger partial charge in [0.25, 0.3) is 0 Å².